The first-order valence-corrected chi connectivity index (χ1v) is 8.33. The summed E-state index contributed by atoms with van der Waals surface area (Å²) in [5.74, 6) is 1.26. The van der Waals surface area contributed by atoms with E-state index in [0.717, 1.165) is 12.2 Å². The number of hydrogen-bond acceptors (Lipinski definition) is 3. The fourth-order valence-electron chi connectivity index (χ4n) is 2.12. The van der Waals surface area contributed by atoms with Crippen molar-refractivity contribution in [2.75, 3.05) is 5.32 Å². The van der Waals surface area contributed by atoms with Crippen molar-refractivity contribution in [3.63, 3.8) is 0 Å². The van der Waals surface area contributed by atoms with Gasteiger partial charge in [-0.15, -0.1) is 0 Å². The molecular weight excluding hydrogens is 302 g/mol. The zero-order chi connectivity index (χ0) is 17.5. The van der Waals surface area contributed by atoms with Crippen molar-refractivity contribution in [1.82, 2.24) is 0 Å². The lowest BCUT2D eigenvalue weighted by Gasteiger charge is -2.15. The Bertz CT molecular complexity index is 665. The fraction of sp³-hybridized carbons (Fsp3) is 0.350. The van der Waals surface area contributed by atoms with Crippen LogP contribution in [-0.2, 0) is 0 Å². The van der Waals surface area contributed by atoms with Crippen LogP contribution in [0.5, 0.6) is 11.5 Å². The Morgan fingerprint density at radius 3 is 2.29 bits per heavy atom. The maximum Gasteiger partial charge on any atom is 0.255 e. The number of hydrogen-bond donors (Lipinski definition) is 1. The van der Waals surface area contributed by atoms with E-state index < -0.39 is 0 Å². The van der Waals surface area contributed by atoms with Crippen LogP contribution in [0.1, 0.15) is 44.5 Å². The van der Waals surface area contributed by atoms with Crippen LogP contribution in [0.25, 0.3) is 0 Å². The molecule has 1 unspecified atom stereocenters. The number of carbonyl (C=O) groups excluding carboxylic acids is 1. The lowest BCUT2D eigenvalue weighted by atomic mass is 10.2. The summed E-state index contributed by atoms with van der Waals surface area (Å²) in [6.07, 6.45) is 1.14. The Morgan fingerprint density at radius 1 is 1.00 bits per heavy atom. The second kappa shape index (κ2) is 8.39. The van der Waals surface area contributed by atoms with E-state index in [1.165, 1.54) is 0 Å². The molecule has 2 rings (SSSR count). The summed E-state index contributed by atoms with van der Waals surface area (Å²) in [7, 11) is 0. The van der Waals surface area contributed by atoms with Gasteiger partial charge in [0.05, 0.1) is 17.9 Å². The van der Waals surface area contributed by atoms with E-state index in [4.69, 9.17) is 9.47 Å². The molecule has 0 saturated carbocycles. The minimum Gasteiger partial charge on any atom is -0.491 e. The van der Waals surface area contributed by atoms with Gasteiger partial charge in [0, 0.05) is 5.56 Å². The highest BCUT2D eigenvalue weighted by molar-refractivity contribution is 6.05. The van der Waals surface area contributed by atoms with Gasteiger partial charge in [0.15, 0.2) is 0 Å². The molecule has 128 valence electrons. The van der Waals surface area contributed by atoms with Crippen LogP contribution in [0.3, 0.4) is 0 Å². The first-order valence-electron chi connectivity index (χ1n) is 8.33. The van der Waals surface area contributed by atoms with E-state index in [0.29, 0.717) is 17.0 Å². The Morgan fingerprint density at radius 2 is 1.67 bits per heavy atom. The average molecular weight is 327 g/mol. The van der Waals surface area contributed by atoms with Crippen molar-refractivity contribution in [2.24, 2.45) is 0 Å². The monoisotopic (exact) mass is 327 g/mol. The summed E-state index contributed by atoms with van der Waals surface area (Å²) in [4.78, 5) is 12.4. The number of nitrogens with one attached hydrogen (secondary N) is 1. The average Bonchev–Trinajstić information content (AvgIpc) is 2.56. The second-order valence-corrected chi connectivity index (χ2v) is 5.98. The van der Waals surface area contributed by atoms with Crippen molar-refractivity contribution in [3.05, 3.63) is 54.1 Å². The van der Waals surface area contributed by atoms with E-state index in [-0.39, 0.29) is 18.1 Å². The minimum atomic E-state index is -0.176. The molecule has 0 spiro atoms. The second-order valence-electron chi connectivity index (χ2n) is 5.98. The van der Waals surface area contributed by atoms with Gasteiger partial charge in [0.25, 0.3) is 5.91 Å². The molecule has 2 aromatic carbocycles. The topological polar surface area (TPSA) is 47.6 Å². The zero-order valence-electron chi connectivity index (χ0n) is 14.7. The number of para-hydroxylation sites is 2. The Balaban J connectivity index is 2.07. The summed E-state index contributed by atoms with van der Waals surface area (Å²) in [5.41, 5.74) is 1.24. The fourth-order valence-corrected chi connectivity index (χ4v) is 2.12. The molecule has 1 N–H and O–H groups in total. The molecule has 2 aromatic rings. The third-order valence-corrected chi connectivity index (χ3v) is 3.53. The molecule has 4 nitrogen and oxygen atoms in total. The largest absolute Gasteiger partial charge is 0.491 e. The molecule has 0 radical (unpaired) electrons. The van der Waals surface area contributed by atoms with Gasteiger partial charge in [-0.05, 0) is 63.6 Å². The Labute approximate surface area is 143 Å². The zero-order valence-corrected chi connectivity index (χ0v) is 14.7. The normalized spacial score (nSPS) is 11.9. The smallest absolute Gasteiger partial charge is 0.255 e. The van der Waals surface area contributed by atoms with Gasteiger partial charge in [0.1, 0.15) is 11.5 Å². The van der Waals surface area contributed by atoms with E-state index in [9.17, 15) is 4.79 Å². The highest BCUT2D eigenvalue weighted by atomic mass is 16.5. The first kappa shape index (κ1) is 17.9. The predicted octanol–water partition coefficient (Wildman–Crippen LogP) is 4.90. The summed E-state index contributed by atoms with van der Waals surface area (Å²) >= 11 is 0. The lowest BCUT2D eigenvalue weighted by Crippen LogP contribution is -2.14. The minimum absolute atomic E-state index is 0.0417. The highest BCUT2D eigenvalue weighted by Crippen LogP contribution is 2.25. The van der Waals surface area contributed by atoms with Gasteiger partial charge in [-0.1, -0.05) is 19.1 Å². The molecule has 0 aliphatic rings. The van der Waals surface area contributed by atoms with Crippen molar-refractivity contribution < 1.29 is 14.3 Å². The molecule has 0 heterocycles. The van der Waals surface area contributed by atoms with Gasteiger partial charge < -0.3 is 14.8 Å². The first-order chi connectivity index (χ1) is 11.5. The maximum absolute atomic E-state index is 12.4. The van der Waals surface area contributed by atoms with Gasteiger partial charge in [-0.2, -0.15) is 0 Å². The number of ether oxygens (including phenoxy) is 2. The van der Waals surface area contributed by atoms with Crippen LogP contribution >= 0.6 is 0 Å². The van der Waals surface area contributed by atoms with Crippen LogP contribution in [0.2, 0.25) is 0 Å². The molecule has 0 aromatic heterocycles. The van der Waals surface area contributed by atoms with Gasteiger partial charge in [-0.25, -0.2) is 0 Å². The summed E-state index contributed by atoms with van der Waals surface area (Å²) in [6, 6.07) is 14.6. The third kappa shape index (κ3) is 5.01. The van der Waals surface area contributed by atoms with Crippen molar-refractivity contribution in [3.8, 4) is 11.5 Å². The number of benzene rings is 2. The van der Waals surface area contributed by atoms with E-state index in [1.807, 2.05) is 57.2 Å². The van der Waals surface area contributed by atoms with E-state index in [2.05, 4.69) is 12.2 Å². The standard InChI is InChI=1S/C20H25NO3/c1-5-15(4)24-17-12-10-16(11-13-17)20(22)21-18-8-6-7-9-19(18)23-14(2)3/h6-15H,5H2,1-4H3,(H,21,22). The summed E-state index contributed by atoms with van der Waals surface area (Å²) < 4.78 is 11.5. The van der Waals surface area contributed by atoms with Crippen LogP contribution < -0.4 is 14.8 Å². The van der Waals surface area contributed by atoms with Crippen molar-refractivity contribution in [2.45, 2.75) is 46.3 Å². The molecule has 1 atom stereocenters. The molecule has 0 aliphatic carbocycles. The SMILES string of the molecule is CCC(C)Oc1ccc(C(=O)Nc2ccccc2OC(C)C)cc1. The van der Waals surface area contributed by atoms with Gasteiger partial charge in [0.2, 0.25) is 0 Å². The molecule has 0 saturated heterocycles. The highest BCUT2D eigenvalue weighted by Gasteiger charge is 2.11. The third-order valence-electron chi connectivity index (χ3n) is 3.53. The molecule has 4 heteroatoms. The quantitative estimate of drug-likeness (QED) is 0.786. The predicted molar refractivity (Wildman–Crippen MR) is 97.0 cm³/mol. The maximum atomic E-state index is 12.4. The van der Waals surface area contributed by atoms with Crippen LogP contribution in [-0.4, -0.2) is 18.1 Å². The Hall–Kier alpha value is -2.49. The summed E-state index contributed by atoms with van der Waals surface area (Å²) in [6.45, 7) is 8.00. The Kier molecular flexibility index (Phi) is 6.24. The van der Waals surface area contributed by atoms with Crippen LogP contribution in [0, 0.1) is 0 Å². The number of carbonyl (C=O) groups is 1. The molecule has 0 bridgehead atoms. The van der Waals surface area contributed by atoms with Gasteiger partial charge >= 0.3 is 0 Å². The number of rotatable bonds is 7. The van der Waals surface area contributed by atoms with Crippen molar-refractivity contribution >= 4 is 11.6 Å². The molecular formula is C20H25NO3. The molecule has 0 fully saturated rings. The van der Waals surface area contributed by atoms with Crippen molar-refractivity contribution in [1.29, 1.82) is 0 Å². The molecule has 0 aliphatic heterocycles. The molecule has 1 amide bonds. The van der Waals surface area contributed by atoms with Gasteiger partial charge in [-0.3, -0.25) is 4.79 Å². The van der Waals surface area contributed by atoms with Crippen LogP contribution in [0.15, 0.2) is 48.5 Å². The van der Waals surface area contributed by atoms with Crippen LogP contribution in [0.4, 0.5) is 5.69 Å². The number of amides is 1. The summed E-state index contributed by atoms with van der Waals surface area (Å²) in [5, 5.41) is 2.90. The number of anilines is 1. The van der Waals surface area contributed by atoms with E-state index >= 15 is 0 Å². The molecule has 24 heavy (non-hydrogen) atoms. The van der Waals surface area contributed by atoms with E-state index in [1.54, 1.807) is 12.1 Å². The lowest BCUT2D eigenvalue weighted by molar-refractivity contribution is 0.102.